The SMILES string of the molecule is C=CCc1cccc(-c2cc(CCC(=O)OC)ccc2O)c1O. The van der Waals surface area contributed by atoms with E-state index in [0.29, 0.717) is 24.0 Å². The summed E-state index contributed by atoms with van der Waals surface area (Å²) in [6.07, 6.45) is 3.03. The smallest absolute Gasteiger partial charge is 0.305 e. The first-order valence-electron chi connectivity index (χ1n) is 7.37. The van der Waals surface area contributed by atoms with Crippen molar-refractivity contribution in [2.75, 3.05) is 7.11 Å². The maximum absolute atomic E-state index is 11.3. The third-order valence-corrected chi connectivity index (χ3v) is 3.68. The average Bonchev–Trinajstić information content (AvgIpc) is 2.56. The summed E-state index contributed by atoms with van der Waals surface area (Å²) in [6.45, 7) is 3.68. The molecule has 4 nitrogen and oxygen atoms in total. The minimum absolute atomic E-state index is 0.0814. The molecule has 0 spiro atoms. The molecule has 0 aliphatic heterocycles. The van der Waals surface area contributed by atoms with E-state index in [0.717, 1.165) is 11.1 Å². The highest BCUT2D eigenvalue weighted by Gasteiger charge is 2.13. The lowest BCUT2D eigenvalue weighted by molar-refractivity contribution is -0.140. The van der Waals surface area contributed by atoms with Gasteiger partial charge >= 0.3 is 5.97 Å². The fourth-order valence-electron chi connectivity index (χ4n) is 2.43. The number of methoxy groups -OCH3 is 1. The molecule has 0 bridgehead atoms. The van der Waals surface area contributed by atoms with Gasteiger partial charge in [0.25, 0.3) is 0 Å². The average molecular weight is 312 g/mol. The van der Waals surface area contributed by atoms with E-state index < -0.39 is 0 Å². The minimum Gasteiger partial charge on any atom is -0.507 e. The first-order chi connectivity index (χ1) is 11.1. The number of phenolic OH excluding ortho intramolecular Hbond substituents is 2. The second kappa shape index (κ2) is 7.49. The molecule has 0 aromatic heterocycles. The molecular weight excluding hydrogens is 292 g/mol. The molecule has 0 fully saturated rings. The number of allylic oxidation sites excluding steroid dienone is 1. The number of hydrogen-bond acceptors (Lipinski definition) is 4. The maximum Gasteiger partial charge on any atom is 0.305 e. The van der Waals surface area contributed by atoms with Crippen LogP contribution in [-0.4, -0.2) is 23.3 Å². The second-order valence-corrected chi connectivity index (χ2v) is 5.23. The van der Waals surface area contributed by atoms with Crippen molar-refractivity contribution in [3.63, 3.8) is 0 Å². The fourth-order valence-corrected chi connectivity index (χ4v) is 2.43. The highest BCUT2D eigenvalue weighted by atomic mass is 16.5. The highest BCUT2D eigenvalue weighted by molar-refractivity contribution is 5.77. The zero-order valence-electron chi connectivity index (χ0n) is 13.1. The Bertz CT molecular complexity index is 719. The summed E-state index contributed by atoms with van der Waals surface area (Å²) in [7, 11) is 1.35. The number of benzene rings is 2. The summed E-state index contributed by atoms with van der Waals surface area (Å²) in [5.41, 5.74) is 2.73. The van der Waals surface area contributed by atoms with Gasteiger partial charge in [-0.15, -0.1) is 6.58 Å². The van der Waals surface area contributed by atoms with Crippen molar-refractivity contribution >= 4 is 5.97 Å². The molecular formula is C19H20O4. The summed E-state index contributed by atoms with van der Waals surface area (Å²) < 4.78 is 4.63. The van der Waals surface area contributed by atoms with E-state index in [1.165, 1.54) is 7.11 Å². The molecule has 0 radical (unpaired) electrons. The Morgan fingerprint density at radius 3 is 2.70 bits per heavy atom. The number of rotatable bonds is 6. The summed E-state index contributed by atoms with van der Waals surface area (Å²) in [5, 5.41) is 20.5. The standard InChI is InChI=1S/C19H20O4/c1-3-5-14-6-4-7-15(19(14)22)16-12-13(8-10-17(16)20)9-11-18(21)23-2/h3-4,6-8,10,12,20,22H,1,5,9,11H2,2H3. The molecule has 2 aromatic carbocycles. The van der Waals surface area contributed by atoms with Gasteiger partial charge in [0.05, 0.1) is 7.11 Å². The Labute approximate surface area is 135 Å². The quantitative estimate of drug-likeness (QED) is 0.632. The zero-order valence-corrected chi connectivity index (χ0v) is 13.1. The van der Waals surface area contributed by atoms with Gasteiger partial charge in [0.15, 0.2) is 0 Å². The topological polar surface area (TPSA) is 66.8 Å². The van der Waals surface area contributed by atoms with Gasteiger partial charge in [0.1, 0.15) is 11.5 Å². The molecule has 2 N–H and O–H groups in total. The largest absolute Gasteiger partial charge is 0.507 e. The lowest BCUT2D eigenvalue weighted by Gasteiger charge is -2.12. The molecule has 120 valence electrons. The number of aromatic hydroxyl groups is 2. The van der Waals surface area contributed by atoms with Crippen LogP contribution in [0.2, 0.25) is 0 Å². The summed E-state index contributed by atoms with van der Waals surface area (Å²) in [5.74, 6) is -0.0684. The van der Waals surface area contributed by atoms with Gasteiger partial charge in [0, 0.05) is 17.5 Å². The van der Waals surface area contributed by atoms with Crippen LogP contribution in [0.15, 0.2) is 49.1 Å². The van der Waals surface area contributed by atoms with Crippen LogP contribution in [0.5, 0.6) is 11.5 Å². The lowest BCUT2D eigenvalue weighted by Crippen LogP contribution is -2.01. The third-order valence-electron chi connectivity index (χ3n) is 3.68. The minimum atomic E-state index is -0.282. The lowest BCUT2D eigenvalue weighted by atomic mass is 9.96. The Morgan fingerprint density at radius 2 is 2.00 bits per heavy atom. The molecule has 0 amide bonds. The van der Waals surface area contributed by atoms with Crippen LogP contribution in [0.3, 0.4) is 0 Å². The highest BCUT2D eigenvalue weighted by Crippen LogP contribution is 2.38. The summed E-state index contributed by atoms with van der Waals surface area (Å²) >= 11 is 0. The molecule has 0 aliphatic carbocycles. The molecule has 23 heavy (non-hydrogen) atoms. The summed E-state index contributed by atoms with van der Waals surface area (Å²) in [6, 6.07) is 10.5. The number of aryl methyl sites for hydroxylation is 1. The monoisotopic (exact) mass is 312 g/mol. The van der Waals surface area contributed by atoms with Gasteiger partial charge in [-0.3, -0.25) is 4.79 Å². The molecule has 0 unspecified atom stereocenters. The Hall–Kier alpha value is -2.75. The van der Waals surface area contributed by atoms with Crippen molar-refractivity contribution in [2.24, 2.45) is 0 Å². The van der Waals surface area contributed by atoms with Crippen molar-refractivity contribution in [3.8, 4) is 22.6 Å². The number of esters is 1. The fraction of sp³-hybridized carbons (Fsp3) is 0.211. The van der Waals surface area contributed by atoms with Gasteiger partial charge in [0.2, 0.25) is 0 Å². The van der Waals surface area contributed by atoms with Crippen LogP contribution in [0, 0.1) is 0 Å². The molecule has 0 heterocycles. The van der Waals surface area contributed by atoms with Gasteiger partial charge in [-0.1, -0.05) is 30.3 Å². The first-order valence-corrected chi connectivity index (χ1v) is 7.37. The van der Waals surface area contributed by atoms with Crippen LogP contribution in [-0.2, 0) is 22.4 Å². The Morgan fingerprint density at radius 1 is 1.22 bits per heavy atom. The van der Waals surface area contributed by atoms with E-state index in [-0.39, 0.29) is 23.9 Å². The summed E-state index contributed by atoms with van der Waals surface area (Å²) in [4.78, 5) is 11.3. The Balaban J connectivity index is 2.37. The van der Waals surface area contributed by atoms with E-state index in [1.807, 2.05) is 12.1 Å². The van der Waals surface area contributed by atoms with Crippen molar-refractivity contribution in [1.29, 1.82) is 0 Å². The van der Waals surface area contributed by atoms with Gasteiger partial charge in [-0.05, 0) is 36.1 Å². The molecule has 2 aromatic rings. The van der Waals surface area contributed by atoms with Gasteiger partial charge < -0.3 is 14.9 Å². The second-order valence-electron chi connectivity index (χ2n) is 5.23. The normalized spacial score (nSPS) is 10.3. The number of carbonyl (C=O) groups excluding carboxylic acids is 1. The number of hydrogen-bond donors (Lipinski definition) is 2. The Kier molecular flexibility index (Phi) is 5.41. The van der Waals surface area contributed by atoms with E-state index in [1.54, 1.807) is 30.3 Å². The van der Waals surface area contributed by atoms with E-state index in [2.05, 4.69) is 11.3 Å². The first kappa shape index (κ1) is 16.6. The van der Waals surface area contributed by atoms with Gasteiger partial charge in [-0.25, -0.2) is 0 Å². The van der Waals surface area contributed by atoms with Crippen LogP contribution in [0.25, 0.3) is 11.1 Å². The van der Waals surface area contributed by atoms with Crippen LogP contribution >= 0.6 is 0 Å². The van der Waals surface area contributed by atoms with Crippen molar-refractivity contribution in [3.05, 3.63) is 60.2 Å². The molecule has 0 saturated heterocycles. The number of carbonyl (C=O) groups is 1. The number of ether oxygens (including phenoxy) is 1. The third kappa shape index (κ3) is 3.92. The van der Waals surface area contributed by atoms with Crippen molar-refractivity contribution in [2.45, 2.75) is 19.3 Å². The number of phenols is 2. The van der Waals surface area contributed by atoms with E-state index in [4.69, 9.17) is 0 Å². The molecule has 0 aliphatic rings. The zero-order chi connectivity index (χ0) is 16.8. The molecule has 0 saturated carbocycles. The van der Waals surface area contributed by atoms with E-state index in [9.17, 15) is 15.0 Å². The number of para-hydroxylation sites is 1. The van der Waals surface area contributed by atoms with Crippen LogP contribution in [0.4, 0.5) is 0 Å². The predicted molar refractivity (Wildman–Crippen MR) is 89.4 cm³/mol. The van der Waals surface area contributed by atoms with Crippen molar-refractivity contribution < 1.29 is 19.7 Å². The van der Waals surface area contributed by atoms with Crippen LogP contribution in [0.1, 0.15) is 17.5 Å². The van der Waals surface area contributed by atoms with Crippen LogP contribution < -0.4 is 0 Å². The van der Waals surface area contributed by atoms with Gasteiger partial charge in [-0.2, -0.15) is 0 Å². The molecule has 2 rings (SSSR count). The predicted octanol–water partition coefficient (Wildman–Crippen LogP) is 3.60. The van der Waals surface area contributed by atoms with Crippen molar-refractivity contribution in [1.82, 2.24) is 0 Å². The van der Waals surface area contributed by atoms with E-state index >= 15 is 0 Å². The molecule has 4 heteroatoms. The molecule has 0 atom stereocenters. The maximum atomic E-state index is 11.3.